The number of pyridine rings is 1. The molecule has 2 aromatic heterocycles. The van der Waals surface area contributed by atoms with Crippen LogP contribution in [0.3, 0.4) is 0 Å². The summed E-state index contributed by atoms with van der Waals surface area (Å²) < 4.78 is 11.2. The summed E-state index contributed by atoms with van der Waals surface area (Å²) in [5, 5.41) is 11.8. The van der Waals surface area contributed by atoms with Gasteiger partial charge in [-0.1, -0.05) is 11.6 Å². The highest BCUT2D eigenvalue weighted by Crippen LogP contribution is 2.41. The lowest BCUT2D eigenvalue weighted by Crippen LogP contribution is -2.50. The molecule has 11 heteroatoms. The Morgan fingerprint density at radius 2 is 1.97 bits per heavy atom. The van der Waals surface area contributed by atoms with Crippen LogP contribution in [0.5, 0.6) is 5.75 Å². The van der Waals surface area contributed by atoms with Gasteiger partial charge in [0.1, 0.15) is 11.4 Å². The lowest BCUT2D eigenvalue weighted by atomic mass is 9.99. The van der Waals surface area contributed by atoms with E-state index in [1.807, 2.05) is 36.2 Å². The fourth-order valence-corrected chi connectivity index (χ4v) is 5.47. The number of aromatic nitrogens is 2. The molecule has 1 amide bonds. The number of anilines is 1. The van der Waals surface area contributed by atoms with E-state index in [0.29, 0.717) is 22.4 Å². The van der Waals surface area contributed by atoms with Crippen molar-refractivity contribution in [2.45, 2.75) is 25.8 Å². The fourth-order valence-electron chi connectivity index (χ4n) is 5.23. The number of fused-ring (bicyclic) bond motifs is 1. The molecular formula is C27H34ClN5O5. The number of hydrogen-bond donors (Lipinski definition) is 3. The molecule has 3 aromatic rings. The van der Waals surface area contributed by atoms with Crippen LogP contribution in [-0.4, -0.2) is 96.3 Å². The summed E-state index contributed by atoms with van der Waals surface area (Å²) in [6.07, 6.45) is 5.54. The number of piperidine rings is 1. The molecule has 10 nitrogen and oxygen atoms in total. The molecule has 38 heavy (non-hydrogen) atoms. The number of rotatable bonds is 6. The number of benzene rings is 1. The van der Waals surface area contributed by atoms with E-state index in [0.717, 1.165) is 86.6 Å². The Morgan fingerprint density at radius 3 is 2.63 bits per heavy atom. The Labute approximate surface area is 226 Å². The van der Waals surface area contributed by atoms with Gasteiger partial charge < -0.3 is 29.8 Å². The summed E-state index contributed by atoms with van der Waals surface area (Å²) in [7, 11) is 1.63. The maximum Gasteiger partial charge on any atom is 0.290 e. The number of nitrogens with zero attached hydrogens (tertiary/aromatic N) is 3. The van der Waals surface area contributed by atoms with Gasteiger partial charge in [-0.15, -0.1) is 0 Å². The number of hydrogen-bond acceptors (Lipinski definition) is 7. The smallest absolute Gasteiger partial charge is 0.290 e. The first-order valence-electron chi connectivity index (χ1n) is 12.8. The molecule has 0 unspecified atom stereocenters. The van der Waals surface area contributed by atoms with E-state index in [1.54, 1.807) is 13.3 Å². The Bertz CT molecular complexity index is 1250. The van der Waals surface area contributed by atoms with Crippen LogP contribution < -0.4 is 10.1 Å². The van der Waals surface area contributed by atoms with Gasteiger partial charge >= 0.3 is 0 Å². The lowest BCUT2D eigenvalue weighted by molar-refractivity contribution is -0.122. The Balaban J connectivity index is 0.00000107. The van der Waals surface area contributed by atoms with Crippen LogP contribution in [0.1, 0.15) is 30.1 Å². The van der Waals surface area contributed by atoms with Crippen molar-refractivity contribution in [2.24, 2.45) is 0 Å². The van der Waals surface area contributed by atoms with Crippen molar-refractivity contribution < 1.29 is 24.2 Å². The van der Waals surface area contributed by atoms with Gasteiger partial charge in [-0.2, -0.15) is 0 Å². The third-order valence-electron chi connectivity index (χ3n) is 7.06. The van der Waals surface area contributed by atoms with Crippen molar-refractivity contribution in [2.75, 3.05) is 58.4 Å². The van der Waals surface area contributed by atoms with Crippen LogP contribution in [0.2, 0.25) is 5.02 Å². The first-order valence-corrected chi connectivity index (χ1v) is 13.2. The van der Waals surface area contributed by atoms with Gasteiger partial charge in [-0.05, 0) is 38.0 Å². The van der Waals surface area contributed by atoms with Crippen molar-refractivity contribution in [1.29, 1.82) is 0 Å². The summed E-state index contributed by atoms with van der Waals surface area (Å²) in [5.74, 6) is 0.676. The van der Waals surface area contributed by atoms with Gasteiger partial charge in [0.05, 0.1) is 36.4 Å². The normalized spacial score (nSPS) is 16.6. The molecule has 0 aliphatic carbocycles. The van der Waals surface area contributed by atoms with Crippen molar-refractivity contribution in [3.8, 4) is 16.9 Å². The number of carboxylic acid groups (broad SMARTS) is 1. The summed E-state index contributed by atoms with van der Waals surface area (Å²) in [6.45, 7) is 7.63. The van der Waals surface area contributed by atoms with Gasteiger partial charge in [0.15, 0.2) is 0 Å². The largest absolute Gasteiger partial charge is 0.496 e. The maximum absolute atomic E-state index is 13.3. The van der Waals surface area contributed by atoms with Crippen LogP contribution in [-0.2, 0) is 9.53 Å². The number of nitrogens with one attached hydrogen (secondary N) is 2. The molecule has 3 N–H and O–H groups in total. The van der Waals surface area contributed by atoms with E-state index < -0.39 is 0 Å². The highest BCUT2D eigenvalue weighted by molar-refractivity contribution is 6.36. The van der Waals surface area contributed by atoms with Crippen LogP contribution in [0.15, 0.2) is 30.6 Å². The van der Waals surface area contributed by atoms with E-state index in [4.69, 9.17) is 31.0 Å². The van der Waals surface area contributed by atoms with Gasteiger partial charge in [0.2, 0.25) is 0 Å². The first-order chi connectivity index (χ1) is 18.5. The number of morpholine rings is 1. The number of aromatic amines is 1. The van der Waals surface area contributed by atoms with E-state index in [9.17, 15) is 4.79 Å². The van der Waals surface area contributed by atoms with Crippen LogP contribution in [0.25, 0.3) is 22.2 Å². The molecule has 0 atom stereocenters. The molecule has 5 rings (SSSR count). The molecule has 2 saturated heterocycles. The highest BCUT2D eigenvalue weighted by Gasteiger charge is 2.29. The van der Waals surface area contributed by atoms with Crippen LogP contribution >= 0.6 is 11.6 Å². The van der Waals surface area contributed by atoms with Crippen LogP contribution in [0, 0.1) is 0 Å². The van der Waals surface area contributed by atoms with Crippen molar-refractivity contribution >= 4 is 40.7 Å². The molecule has 204 valence electrons. The minimum Gasteiger partial charge on any atom is -0.496 e. The molecule has 0 bridgehead atoms. The topological polar surface area (TPSA) is 120 Å². The number of halogens is 1. The molecule has 2 aliphatic rings. The third-order valence-corrected chi connectivity index (χ3v) is 7.36. The monoisotopic (exact) mass is 543 g/mol. The Kier molecular flexibility index (Phi) is 9.43. The third kappa shape index (κ3) is 5.87. The quantitative estimate of drug-likeness (QED) is 0.400. The van der Waals surface area contributed by atoms with Gasteiger partial charge in [0.25, 0.3) is 12.4 Å². The first kappa shape index (κ1) is 27.7. The average molecular weight is 544 g/mol. The number of ether oxygens (including phenoxy) is 2. The number of methoxy groups -OCH3 is 1. The summed E-state index contributed by atoms with van der Waals surface area (Å²) in [4.78, 5) is 33.8. The number of amides is 1. The molecule has 2 aliphatic heterocycles. The minimum atomic E-state index is -0.250. The second kappa shape index (κ2) is 12.9. The zero-order valence-electron chi connectivity index (χ0n) is 21.7. The SMILES string of the molecule is CCNc1c(-c2ccc(C(=O)N3CCC(N4CCOCC4)CC3)cc2OC)cnc2[nH]cc(Cl)c12.O=CO. The molecular weight excluding hydrogens is 510 g/mol. The predicted molar refractivity (Wildman–Crippen MR) is 147 cm³/mol. The van der Waals surface area contributed by atoms with E-state index >= 15 is 0 Å². The lowest BCUT2D eigenvalue weighted by Gasteiger charge is -2.40. The predicted octanol–water partition coefficient (Wildman–Crippen LogP) is 3.96. The van der Waals surface area contributed by atoms with Gasteiger partial charge in [0, 0.05) is 67.8 Å². The van der Waals surface area contributed by atoms with E-state index in [2.05, 4.69) is 20.2 Å². The Morgan fingerprint density at radius 1 is 1.26 bits per heavy atom. The Hall–Kier alpha value is -3.34. The second-order valence-corrected chi connectivity index (χ2v) is 9.54. The minimum absolute atomic E-state index is 0.0458. The zero-order chi connectivity index (χ0) is 27.1. The van der Waals surface area contributed by atoms with E-state index in [1.165, 1.54) is 0 Å². The van der Waals surface area contributed by atoms with Gasteiger partial charge in [-0.25, -0.2) is 4.98 Å². The molecule has 0 radical (unpaired) electrons. The standard InChI is InChI=1S/C26H32ClN5O3.CH2O2/c1-3-28-24-20(15-29-25-23(24)21(27)16-30-25)19-5-4-17(14-22(19)34-2)26(33)32-8-6-18(7-9-32)31-10-12-35-13-11-31;2-1-3/h4-5,14-16,18H,3,6-13H2,1-2H3,(H2,28,29,30);1H,(H,2,3). The van der Waals surface area contributed by atoms with E-state index in [-0.39, 0.29) is 12.4 Å². The van der Waals surface area contributed by atoms with Gasteiger partial charge in [-0.3, -0.25) is 14.5 Å². The maximum atomic E-state index is 13.3. The number of carbonyl (C=O) groups excluding carboxylic acids is 1. The average Bonchev–Trinajstić information content (AvgIpc) is 3.34. The molecule has 1 aromatic carbocycles. The van der Waals surface area contributed by atoms with Crippen LogP contribution in [0.4, 0.5) is 5.69 Å². The summed E-state index contributed by atoms with van der Waals surface area (Å²) >= 11 is 6.46. The molecule has 0 spiro atoms. The number of likely N-dealkylation sites (tertiary alicyclic amines) is 1. The summed E-state index contributed by atoms with van der Waals surface area (Å²) in [6, 6.07) is 6.20. The molecule has 0 saturated carbocycles. The van der Waals surface area contributed by atoms with Crippen molar-refractivity contribution in [1.82, 2.24) is 19.8 Å². The zero-order valence-corrected chi connectivity index (χ0v) is 22.5. The highest BCUT2D eigenvalue weighted by atomic mass is 35.5. The molecule has 4 heterocycles. The number of H-pyrrole nitrogens is 1. The second-order valence-electron chi connectivity index (χ2n) is 9.13. The summed E-state index contributed by atoms with van der Waals surface area (Å²) in [5.41, 5.74) is 3.99. The number of carbonyl (C=O) groups is 2. The van der Waals surface area contributed by atoms with Crippen molar-refractivity contribution in [3.05, 3.63) is 41.2 Å². The molecule has 2 fully saturated rings. The fraction of sp³-hybridized carbons (Fsp3) is 0.444. The van der Waals surface area contributed by atoms with Crippen molar-refractivity contribution in [3.63, 3.8) is 0 Å².